The maximum atomic E-state index is 12.1. The topological polar surface area (TPSA) is 43.1 Å². The van der Waals surface area contributed by atoms with Gasteiger partial charge in [-0.1, -0.05) is 39.0 Å². The molecule has 0 fully saturated rings. The summed E-state index contributed by atoms with van der Waals surface area (Å²) < 4.78 is 0. The van der Waals surface area contributed by atoms with Crippen molar-refractivity contribution < 1.29 is 4.79 Å². The van der Waals surface area contributed by atoms with Gasteiger partial charge < -0.3 is 5.73 Å². The molecule has 1 atom stereocenters. The lowest BCUT2D eigenvalue weighted by atomic mass is 9.84. The fraction of sp³-hybridized carbons (Fsp3) is 0.588. The first-order valence-electron chi connectivity index (χ1n) is 7.24. The predicted molar refractivity (Wildman–Crippen MR) is 79.2 cm³/mol. The number of Topliss-reactive ketones (excluding diaryl/α,β-unsaturated/α-hetero) is 1. The Balaban J connectivity index is 1.96. The molecule has 1 aliphatic rings. The summed E-state index contributed by atoms with van der Waals surface area (Å²) in [5.74, 6) is 0.250. The molecule has 2 heteroatoms. The van der Waals surface area contributed by atoms with Gasteiger partial charge in [0.05, 0.1) is 0 Å². The molecule has 0 saturated carbocycles. The fourth-order valence-electron chi connectivity index (χ4n) is 2.59. The largest absolute Gasteiger partial charge is 0.327 e. The van der Waals surface area contributed by atoms with Crippen LogP contribution in [0, 0.1) is 5.41 Å². The van der Waals surface area contributed by atoms with Crippen LogP contribution < -0.4 is 5.73 Å². The summed E-state index contributed by atoms with van der Waals surface area (Å²) in [6.07, 6.45) is 4.61. The van der Waals surface area contributed by atoms with Crippen LogP contribution in [-0.4, -0.2) is 11.8 Å². The first kappa shape index (κ1) is 14.3. The second-order valence-electron chi connectivity index (χ2n) is 6.85. The second kappa shape index (κ2) is 5.46. The molecular formula is C17H25NO. The molecule has 1 aromatic rings. The molecule has 0 aliphatic heterocycles. The lowest BCUT2D eigenvalue weighted by Crippen LogP contribution is -2.37. The van der Waals surface area contributed by atoms with Gasteiger partial charge in [0.1, 0.15) is 5.78 Å². The summed E-state index contributed by atoms with van der Waals surface area (Å²) in [6.45, 7) is 6.25. The smallest absolute Gasteiger partial charge is 0.138 e. The number of benzene rings is 1. The monoisotopic (exact) mass is 259 g/mol. The van der Waals surface area contributed by atoms with Crippen molar-refractivity contribution in [1.29, 1.82) is 0 Å². The Morgan fingerprint density at radius 3 is 2.63 bits per heavy atom. The molecule has 0 saturated heterocycles. The molecule has 0 heterocycles. The molecule has 1 aromatic carbocycles. The standard InChI is InChI=1S/C17H25NO/c1-17(2,3)16(18)11-15(19)10-12-7-8-13-5-4-6-14(13)9-12/h7-9,16H,4-6,10-11,18H2,1-3H3. The SMILES string of the molecule is CC(C)(C)C(N)CC(=O)Cc1ccc2c(c1)CCC2. The van der Waals surface area contributed by atoms with Crippen LogP contribution in [0.4, 0.5) is 0 Å². The molecular weight excluding hydrogens is 234 g/mol. The average molecular weight is 259 g/mol. The minimum absolute atomic E-state index is 0.00635. The zero-order chi connectivity index (χ0) is 14.0. The number of hydrogen-bond acceptors (Lipinski definition) is 2. The van der Waals surface area contributed by atoms with Crippen LogP contribution in [0.2, 0.25) is 0 Å². The third-order valence-electron chi connectivity index (χ3n) is 4.12. The lowest BCUT2D eigenvalue weighted by molar-refractivity contribution is -0.119. The summed E-state index contributed by atoms with van der Waals surface area (Å²) in [6, 6.07) is 6.44. The second-order valence-corrected chi connectivity index (χ2v) is 6.85. The van der Waals surface area contributed by atoms with Gasteiger partial charge in [-0.15, -0.1) is 0 Å². The van der Waals surface area contributed by atoms with Gasteiger partial charge in [-0.25, -0.2) is 0 Å². The van der Waals surface area contributed by atoms with Gasteiger partial charge in [0.2, 0.25) is 0 Å². The van der Waals surface area contributed by atoms with E-state index in [1.165, 1.54) is 30.4 Å². The van der Waals surface area contributed by atoms with E-state index in [9.17, 15) is 4.79 Å². The predicted octanol–water partition coefficient (Wildman–Crippen LogP) is 3.05. The van der Waals surface area contributed by atoms with E-state index < -0.39 is 0 Å². The van der Waals surface area contributed by atoms with Crippen molar-refractivity contribution in [2.45, 2.75) is 58.9 Å². The van der Waals surface area contributed by atoms with E-state index in [2.05, 4.69) is 39.0 Å². The molecule has 0 bridgehead atoms. The number of carbonyl (C=O) groups is 1. The normalized spacial score (nSPS) is 16.2. The summed E-state index contributed by atoms with van der Waals surface area (Å²) in [7, 11) is 0. The minimum atomic E-state index is -0.0607. The molecule has 0 amide bonds. The van der Waals surface area contributed by atoms with Crippen molar-refractivity contribution in [3.05, 3.63) is 34.9 Å². The van der Waals surface area contributed by atoms with E-state index in [4.69, 9.17) is 5.73 Å². The first-order valence-corrected chi connectivity index (χ1v) is 7.24. The number of aryl methyl sites for hydroxylation is 2. The van der Waals surface area contributed by atoms with E-state index in [0.29, 0.717) is 12.8 Å². The Morgan fingerprint density at radius 1 is 1.26 bits per heavy atom. The van der Waals surface area contributed by atoms with Gasteiger partial charge in [-0.05, 0) is 41.4 Å². The Morgan fingerprint density at radius 2 is 1.95 bits per heavy atom. The van der Waals surface area contributed by atoms with Crippen LogP contribution in [-0.2, 0) is 24.1 Å². The number of carbonyl (C=O) groups excluding carboxylic acids is 1. The van der Waals surface area contributed by atoms with Gasteiger partial charge in [-0.2, -0.15) is 0 Å². The molecule has 0 aromatic heterocycles. The van der Waals surface area contributed by atoms with Gasteiger partial charge >= 0.3 is 0 Å². The van der Waals surface area contributed by atoms with Crippen LogP contribution in [0.25, 0.3) is 0 Å². The van der Waals surface area contributed by atoms with Crippen molar-refractivity contribution in [2.75, 3.05) is 0 Å². The summed E-state index contributed by atoms with van der Waals surface area (Å²) >= 11 is 0. The molecule has 2 rings (SSSR count). The number of nitrogens with two attached hydrogens (primary N) is 1. The summed E-state index contributed by atoms with van der Waals surface area (Å²) in [5.41, 5.74) is 10.1. The fourth-order valence-corrected chi connectivity index (χ4v) is 2.59. The van der Waals surface area contributed by atoms with Gasteiger partial charge in [0.25, 0.3) is 0 Å². The quantitative estimate of drug-likeness (QED) is 0.903. The van der Waals surface area contributed by atoms with Gasteiger partial charge in [0.15, 0.2) is 0 Å². The molecule has 104 valence electrons. The van der Waals surface area contributed by atoms with E-state index in [-0.39, 0.29) is 17.2 Å². The molecule has 2 nitrogen and oxygen atoms in total. The molecule has 0 spiro atoms. The van der Waals surface area contributed by atoms with Crippen molar-refractivity contribution in [3.63, 3.8) is 0 Å². The minimum Gasteiger partial charge on any atom is -0.327 e. The lowest BCUT2D eigenvalue weighted by Gasteiger charge is -2.26. The molecule has 0 radical (unpaired) electrons. The van der Waals surface area contributed by atoms with Crippen LogP contribution in [0.5, 0.6) is 0 Å². The average Bonchev–Trinajstić information content (AvgIpc) is 2.74. The van der Waals surface area contributed by atoms with E-state index in [1.807, 2.05) is 0 Å². The van der Waals surface area contributed by atoms with E-state index in [1.54, 1.807) is 0 Å². The van der Waals surface area contributed by atoms with Crippen molar-refractivity contribution >= 4 is 5.78 Å². The van der Waals surface area contributed by atoms with Gasteiger partial charge in [0, 0.05) is 18.9 Å². The first-order chi connectivity index (χ1) is 8.86. The molecule has 1 aliphatic carbocycles. The van der Waals surface area contributed by atoms with Crippen LogP contribution in [0.3, 0.4) is 0 Å². The number of fused-ring (bicyclic) bond motifs is 1. The number of rotatable bonds is 4. The highest BCUT2D eigenvalue weighted by Crippen LogP contribution is 2.24. The summed E-state index contributed by atoms with van der Waals surface area (Å²) in [4.78, 5) is 12.1. The van der Waals surface area contributed by atoms with Crippen LogP contribution in [0.1, 0.15) is 50.3 Å². The third-order valence-corrected chi connectivity index (χ3v) is 4.12. The van der Waals surface area contributed by atoms with Crippen LogP contribution >= 0.6 is 0 Å². The number of ketones is 1. The summed E-state index contributed by atoms with van der Waals surface area (Å²) in [5, 5.41) is 0. The maximum Gasteiger partial charge on any atom is 0.138 e. The van der Waals surface area contributed by atoms with E-state index in [0.717, 1.165) is 5.56 Å². The Labute approximate surface area is 116 Å². The van der Waals surface area contributed by atoms with Crippen molar-refractivity contribution in [1.82, 2.24) is 0 Å². The Kier molecular flexibility index (Phi) is 4.10. The van der Waals surface area contributed by atoms with Crippen molar-refractivity contribution in [2.24, 2.45) is 11.1 Å². The highest BCUT2D eigenvalue weighted by atomic mass is 16.1. The Hall–Kier alpha value is -1.15. The maximum absolute atomic E-state index is 12.1. The van der Waals surface area contributed by atoms with E-state index >= 15 is 0 Å². The number of hydrogen-bond donors (Lipinski definition) is 1. The van der Waals surface area contributed by atoms with Crippen LogP contribution in [0.15, 0.2) is 18.2 Å². The zero-order valence-electron chi connectivity index (χ0n) is 12.3. The van der Waals surface area contributed by atoms with Crippen molar-refractivity contribution in [3.8, 4) is 0 Å². The zero-order valence-corrected chi connectivity index (χ0v) is 12.3. The highest BCUT2D eigenvalue weighted by Gasteiger charge is 2.23. The molecule has 1 unspecified atom stereocenters. The third kappa shape index (κ3) is 3.66. The Bertz CT molecular complexity index is 471. The molecule has 2 N–H and O–H groups in total. The highest BCUT2D eigenvalue weighted by molar-refractivity contribution is 5.81. The van der Waals surface area contributed by atoms with Gasteiger partial charge in [-0.3, -0.25) is 4.79 Å². The molecule has 19 heavy (non-hydrogen) atoms.